The molecular weight excluding hydrogens is 316 g/mol. The van der Waals surface area contributed by atoms with Crippen molar-refractivity contribution in [2.24, 2.45) is 5.41 Å². The first-order valence-corrected chi connectivity index (χ1v) is 9.89. The predicted octanol–water partition coefficient (Wildman–Crippen LogP) is 5.42. The predicted molar refractivity (Wildman–Crippen MR) is 100 cm³/mol. The molecule has 0 N–H and O–H groups in total. The summed E-state index contributed by atoms with van der Waals surface area (Å²) < 4.78 is 6.37. The van der Waals surface area contributed by atoms with E-state index in [1.165, 1.54) is 10.5 Å². The number of hydrogen-bond donors (Lipinski definition) is 0. The lowest BCUT2D eigenvalue weighted by Gasteiger charge is -2.40. The zero-order valence-electron chi connectivity index (χ0n) is 15.2. The molecule has 3 rings (SSSR count). The van der Waals surface area contributed by atoms with Crippen LogP contribution in [0.1, 0.15) is 53.4 Å². The van der Waals surface area contributed by atoms with Gasteiger partial charge in [0.2, 0.25) is 0 Å². The smallest absolute Gasteiger partial charge is 0.159 e. The van der Waals surface area contributed by atoms with Crippen molar-refractivity contribution in [3.05, 3.63) is 41.5 Å². The van der Waals surface area contributed by atoms with E-state index >= 15 is 0 Å². The van der Waals surface area contributed by atoms with Crippen molar-refractivity contribution in [1.82, 2.24) is 0 Å². The maximum atomic E-state index is 12.6. The summed E-state index contributed by atoms with van der Waals surface area (Å²) in [6, 6.07) is 10.4. The number of benzene rings is 1. The summed E-state index contributed by atoms with van der Waals surface area (Å²) >= 11 is 1.77. The van der Waals surface area contributed by atoms with Crippen LogP contribution < -0.4 is 0 Å². The van der Waals surface area contributed by atoms with E-state index in [0.717, 1.165) is 30.6 Å². The van der Waals surface area contributed by atoms with E-state index in [1.54, 1.807) is 11.8 Å². The summed E-state index contributed by atoms with van der Waals surface area (Å²) in [5.74, 6) is 1.14. The van der Waals surface area contributed by atoms with E-state index in [2.05, 4.69) is 52.0 Å². The Morgan fingerprint density at radius 2 is 1.92 bits per heavy atom. The second-order valence-corrected chi connectivity index (χ2v) is 9.21. The van der Waals surface area contributed by atoms with Crippen molar-refractivity contribution in [2.45, 2.75) is 70.0 Å². The second kappa shape index (κ2) is 6.68. The van der Waals surface area contributed by atoms with E-state index in [0.29, 0.717) is 12.2 Å². The molecule has 0 unspecified atom stereocenters. The van der Waals surface area contributed by atoms with Gasteiger partial charge in [0.15, 0.2) is 5.78 Å². The van der Waals surface area contributed by atoms with Gasteiger partial charge in [0, 0.05) is 28.1 Å². The van der Waals surface area contributed by atoms with Crippen LogP contribution in [0.15, 0.2) is 46.4 Å². The molecule has 2 nitrogen and oxygen atoms in total. The highest BCUT2D eigenvalue weighted by Gasteiger charge is 2.48. The van der Waals surface area contributed by atoms with Gasteiger partial charge in [0.1, 0.15) is 0 Å². The molecule has 2 aliphatic rings. The second-order valence-electron chi connectivity index (χ2n) is 8.16. The van der Waals surface area contributed by atoms with E-state index in [4.69, 9.17) is 4.74 Å². The highest BCUT2D eigenvalue weighted by Crippen LogP contribution is 2.53. The first-order valence-electron chi connectivity index (χ1n) is 8.91. The SMILES string of the molecule is CC(C)(C)O[C@@H]1CCC2=C(CSc3ccccc3)C(=O)CC[C@]21C. The molecule has 24 heavy (non-hydrogen) atoms. The van der Waals surface area contributed by atoms with Gasteiger partial charge in [-0.3, -0.25) is 4.79 Å². The largest absolute Gasteiger partial charge is 0.372 e. The van der Waals surface area contributed by atoms with E-state index in [-0.39, 0.29) is 17.1 Å². The minimum Gasteiger partial charge on any atom is -0.372 e. The molecule has 2 atom stereocenters. The molecule has 0 saturated heterocycles. The molecular formula is C21H28O2S. The van der Waals surface area contributed by atoms with Crippen molar-refractivity contribution >= 4 is 17.5 Å². The van der Waals surface area contributed by atoms with E-state index < -0.39 is 0 Å². The van der Waals surface area contributed by atoms with Crippen LogP contribution in [0.3, 0.4) is 0 Å². The van der Waals surface area contributed by atoms with E-state index in [9.17, 15) is 4.79 Å². The highest BCUT2D eigenvalue weighted by molar-refractivity contribution is 7.99. The molecule has 1 aromatic rings. The van der Waals surface area contributed by atoms with Crippen molar-refractivity contribution in [2.75, 3.05) is 5.75 Å². The van der Waals surface area contributed by atoms with Crippen molar-refractivity contribution < 1.29 is 9.53 Å². The third kappa shape index (κ3) is 3.62. The normalized spacial score (nSPS) is 27.5. The lowest BCUT2D eigenvalue weighted by atomic mass is 9.71. The van der Waals surface area contributed by atoms with Crippen molar-refractivity contribution in [1.29, 1.82) is 0 Å². The van der Waals surface area contributed by atoms with Crippen LogP contribution in [-0.4, -0.2) is 23.2 Å². The molecule has 0 amide bonds. The lowest BCUT2D eigenvalue weighted by Crippen LogP contribution is -2.39. The maximum absolute atomic E-state index is 12.6. The van der Waals surface area contributed by atoms with Gasteiger partial charge >= 0.3 is 0 Å². The number of thioether (sulfide) groups is 1. The first kappa shape index (κ1) is 17.8. The molecule has 2 aliphatic carbocycles. The van der Waals surface area contributed by atoms with Crippen molar-refractivity contribution in [3.63, 3.8) is 0 Å². The average molecular weight is 345 g/mol. The van der Waals surface area contributed by atoms with Crippen LogP contribution >= 0.6 is 11.8 Å². The minimum atomic E-state index is -0.135. The third-order valence-corrected chi connectivity index (χ3v) is 6.29. The number of rotatable bonds is 4. The van der Waals surface area contributed by atoms with Gasteiger partial charge in [-0.15, -0.1) is 11.8 Å². The third-order valence-electron chi connectivity index (χ3n) is 5.25. The Balaban J connectivity index is 1.83. The van der Waals surface area contributed by atoms with Gasteiger partial charge in [0.25, 0.3) is 0 Å². The fourth-order valence-corrected chi connectivity index (χ4v) is 5.03. The number of carbonyl (C=O) groups excluding carboxylic acids is 1. The van der Waals surface area contributed by atoms with Gasteiger partial charge in [-0.25, -0.2) is 0 Å². The van der Waals surface area contributed by atoms with Gasteiger partial charge < -0.3 is 4.74 Å². The fraction of sp³-hybridized carbons (Fsp3) is 0.571. The number of fused-ring (bicyclic) bond motifs is 1. The number of carbonyl (C=O) groups is 1. The van der Waals surface area contributed by atoms with Crippen LogP contribution in [0.5, 0.6) is 0 Å². The van der Waals surface area contributed by atoms with Crippen LogP contribution in [-0.2, 0) is 9.53 Å². The van der Waals surface area contributed by atoms with Gasteiger partial charge in [-0.05, 0) is 52.2 Å². The van der Waals surface area contributed by atoms with Gasteiger partial charge in [0.05, 0.1) is 11.7 Å². The number of hydrogen-bond acceptors (Lipinski definition) is 3. The molecule has 1 fully saturated rings. The summed E-state index contributed by atoms with van der Waals surface area (Å²) in [6.07, 6.45) is 3.87. The van der Waals surface area contributed by atoms with Crippen LogP contribution in [0.4, 0.5) is 0 Å². The number of Topliss-reactive ketones (excluding diaryl/α,β-unsaturated/α-hetero) is 1. The first-order chi connectivity index (χ1) is 11.3. The molecule has 0 aliphatic heterocycles. The Hall–Kier alpha value is -1.06. The lowest BCUT2D eigenvalue weighted by molar-refractivity contribution is -0.120. The monoisotopic (exact) mass is 344 g/mol. The molecule has 130 valence electrons. The number of ketones is 1. The maximum Gasteiger partial charge on any atom is 0.159 e. The molecule has 0 radical (unpaired) electrons. The van der Waals surface area contributed by atoms with Crippen LogP contribution in [0.25, 0.3) is 0 Å². The van der Waals surface area contributed by atoms with Gasteiger partial charge in [-0.1, -0.05) is 30.7 Å². The standard InChI is InChI=1S/C21H28O2S/c1-20(2,3)23-19-11-10-17-16(18(22)12-13-21(17,19)4)14-24-15-8-6-5-7-9-15/h5-9,19H,10-14H2,1-4H3/t19-,21-/m1/s1. The fourth-order valence-electron chi connectivity index (χ4n) is 4.03. The molecule has 1 saturated carbocycles. The number of ether oxygens (including phenoxy) is 1. The molecule has 3 heteroatoms. The Morgan fingerprint density at radius 1 is 1.21 bits per heavy atom. The average Bonchev–Trinajstić information content (AvgIpc) is 2.83. The molecule has 0 spiro atoms. The minimum absolute atomic E-state index is 0.0355. The molecule has 1 aromatic carbocycles. The van der Waals surface area contributed by atoms with Gasteiger partial charge in [-0.2, -0.15) is 0 Å². The zero-order valence-corrected chi connectivity index (χ0v) is 16.0. The molecule has 0 aromatic heterocycles. The summed E-state index contributed by atoms with van der Waals surface area (Å²) in [5, 5.41) is 0. The summed E-state index contributed by atoms with van der Waals surface area (Å²) in [5.41, 5.74) is 2.34. The van der Waals surface area contributed by atoms with Crippen molar-refractivity contribution in [3.8, 4) is 0 Å². The van der Waals surface area contributed by atoms with E-state index in [1.807, 2.05) is 6.07 Å². The Labute approximate surface area is 150 Å². The zero-order chi connectivity index (χ0) is 17.4. The summed E-state index contributed by atoms with van der Waals surface area (Å²) in [7, 11) is 0. The Bertz CT molecular complexity index is 642. The highest BCUT2D eigenvalue weighted by atomic mass is 32.2. The topological polar surface area (TPSA) is 26.3 Å². The summed E-state index contributed by atoms with van der Waals surface area (Å²) in [6.45, 7) is 8.68. The molecule has 0 heterocycles. The van der Waals surface area contributed by atoms with Crippen LogP contribution in [0.2, 0.25) is 0 Å². The Morgan fingerprint density at radius 3 is 2.58 bits per heavy atom. The quantitative estimate of drug-likeness (QED) is 0.682. The molecule has 0 bridgehead atoms. The Kier molecular flexibility index (Phi) is 4.94. The van der Waals surface area contributed by atoms with Crippen LogP contribution in [0, 0.1) is 5.41 Å². The summed E-state index contributed by atoms with van der Waals surface area (Å²) in [4.78, 5) is 13.8.